The molecule has 0 radical (unpaired) electrons. The van der Waals surface area contributed by atoms with Gasteiger partial charge in [-0.3, -0.25) is 14.2 Å². The summed E-state index contributed by atoms with van der Waals surface area (Å²) in [6.45, 7) is 3.51. The van der Waals surface area contributed by atoms with E-state index in [-0.39, 0.29) is 19.0 Å². The molecule has 8 nitrogen and oxygen atoms in total. The second-order valence-corrected chi connectivity index (χ2v) is 5.05. The molecule has 0 fully saturated rings. The molecule has 0 aliphatic heterocycles. The molecule has 1 aromatic carbocycles. The summed E-state index contributed by atoms with van der Waals surface area (Å²) in [4.78, 5) is 43.9. The largest absolute Gasteiger partial charge is 0.465 e. The Morgan fingerprint density at radius 3 is 2.40 bits per heavy atom. The van der Waals surface area contributed by atoms with E-state index in [0.717, 1.165) is 6.21 Å². The molecule has 25 heavy (non-hydrogen) atoms. The number of aromatic nitrogens is 2. The maximum Gasteiger partial charge on any atom is 0.349 e. The zero-order valence-corrected chi connectivity index (χ0v) is 14.3. The highest BCUT2D eigenvalue weighted by Gasteiger charge is 2.28. The molecule has 0 N–H and O–H groups in total. The second kappa shape index (κ2) is 8.18. The molecule has 2 aromatic rings. The fourth-order valence-electron chi connectivity index (χ4n) is 2.21. The smallest absolute Gasteiger partial charge is 0.349 e. The summed E-state index contributed by atoms with van der Waals surface area (Å²) >= 11 is 0. The van der Waals surface area contributed by atoms with Crippen LogP contribution in [-0.2, 0) is 26.1 Å². The number of fused-ring (bicyclic) bond motifs is 1. The lowest BCUT2D eigenvalue weighted by Crippen LogP contribution is -2.29. The van der Waals surface area contributed by atoms with Crippen LogP contribution >= 0.6 is 0 Å². The van der Waals surface area contributed by atoms with Gasteiger partial charge in [-0.15, -0.1) is 0 Å². The van der Waals surface area contributed by atoms with Gasteiger partial charge in [-0.05, 0) is 26.0 Å². The maximum atomic E-state index is 12.0. The van der Waals surface area contributed by atoms with E-state index in [2.05, 4.69) is 9.98 Å². The summed E-state index contributed by atoms with van der Waals surface area (Å²) in [7, 11) is 1.60. The van der Waals surface area contributed by atoms with E-state index < -0.39 is 23.5 Å². The number of hydrogen-bond donors (Lipinski definition) is 0. The van der Waals surface area contributed by atoms with E-state index in [1.165, 1.54) is 4.57 Å². The summed E-state index contributed by atoms with van der Waals surface area (Å²) in [5.41, 5.74) is 0.146. The molecule has 0 atom stereocenters. The average molecular weight is 345 g/mol. The SMILES string of the molecule is CCOC(=O)C(C=Nc1nc(=O)n(C)c2ccccc12)C(=O)OCC. The van der Waals surface area contributed by atoms with Crippen molar-refractivity contribution in [3.05, 3.63) is 34.7 Å². The zero-order chi connectivity index (χ0) is 18.4. The Morgan fingerprint density at radius 1 is 1.20 bits per heavy atom. The van der Waals surface area contributed by atoms with E-state index in [0.29, 0.717) is 10.9 Å². The van der Waals surface area contributed by atoms with E-state index in [9.17, 15) is 14.4 Å². The van der Waals surface area contributed by atoms with Gasteiger partial charge in [-0.1, -0.05) is 12.1 Å². The van der Waals surface area contributed by atoms with Crippen molar-refractivity contribution in [3.8, 4) is 0 Å². The predicted molar refractivity (Wildman–Crippen MR) is 91.9 cm³/mol. The third-order valence-electron chi connectivity index (χ3n) is 3.42. The average Bonchev–Trinajstić information content (AvgIpc) is 2.60. The lowest BCUT2D eigenvalue weighted by molar-refractivity contribution is -0.157. The molecule has 1 heterocycles. The Morgan fingerprint density at radius 2 is 1.80 bits per heavy atom. The molecule has 132 valence electrons. The summed E-state index contributed by atoms with van der Waals surface area (Å²) in [5, 5.41) is 0.618. The fourth-order valence-corrected chi connectivity index (χ4v) is 2.21. The summed E-state index contributed by atoms with van der Waals surface area (Å²) < 4.78 is 11.1. The quantitative estimate of drug-likeness (QED) is 0.445. The van der Waals surface area contributed by atoms with Crippen LogP contribution < -0.4 is 5.69 Å². The molecule has 8 heteroatoms. The minimum atomic E-state index is -1.32. The Labute approximate surface area is 144 Å². The number of hydrogen-bond acceptors (Lipinski definition) is 7. The number of aliphatic imine (C=N–C) groups is 1. The van der Waals surface area contributed by atoms with Crippen LogP contribution in [0.5, 0.6) is 0 Å². The Balaban J connectivity index is 2.46. The number of aryl methyl sites for hydroxylation is 1. The minimum Gasteiger partial charge on any atom is -0.465 e. The van der Waals surface area contributed by atoms with Crippen LogP contribution in [0.1, 0.15) is 13.8 Å². The first kappa shape index (κ1) is 18.3. The van der Waals surface area contributed by atoms with Gasteiger partial charge in [0.1, 0.15) is 0 Å². The third kappa shape index (κ3) is 4.09. The molecule has 0 amide bonds. The first-order valence-electron chi connectivity index (χ1n) is 7.82. The molecule has 1 aromatic heterocycles. The number of para-hydroxylation sites is 1. The van der Waals surface area contributed by atoms with Gasteiger partial charge in [-0.25, -0.2) is 9.79 Å². The maximum absolute atomic E-state index is 12.0. The number of carbonyl (C=O) groups excluding carboxylic acids is 2. The Hall–Kier alpha value is -3.03. The van der Waals surface area contributed by atoms with Crippen molar-refractivity contribution in [3.63, 3.8) is 0 Å². The molecule has 2 rings (SSSR count). The third-order valence-corrected chi connectivity index (χ3v) is 3.42. The van der Waals surface area contributed by atoms with Gasteiger partial charge >= 0.3 is 17.6 Å². The highest BCUT2D eigenvalue weighted by Crippen LogP contribution is 2.21. The normalized spacial score (nSPS) is 11.2. The summed E-state index contributed by atoms with van der Waals surface area (Å²) in [6.07, 6.45) is 1.10. The number of ether oxygens (including phenoxy) is 2. The molecule has 0 unspecified atom stereocenters. The number of rotatable bonds is 6. The standard InChI is InChI=1S/C17H19N3O5/c1-4-24-15(21)12(16(22)25-5-2)10-18-14-11-8-6-7-9-13(11)20(3)17(23)19-14/h6-10,12H,4-5H2,1-3H3. The molecule has 0 aliphatic carbocycles. The van der Waals surface area contributed by atoms with Crippen LogP contribution in [0.15, 0.2) is 34.1 Å². The molecular formula is C17H19N3O5. The fraction of sp³-hybridized carbons (Fsp3) is 0.353. The van der Waals surface area contributed by atoms with E-state index >= 15 is 0 Å². The van der Waals surface area contributed by atoms with E-state index in [4.69, 9.17) is 9.47 Å². The van der Waals surface area contributed by atoms with Crippen molar-refractivity contribution >= 4 is 34.9 Å². The van der Waals surface area contributed by atoms with Crippen molar-refractivity contribution in [2.45, 2.75) is 13.8 Å². The van der Waals surface area contributed by atoms with Crippen molar-refractivity contribution in [2.75, 3.05) is 13.2 Å². The van der Waals surface area contributed by atoms with Crippen molar-refractivity contribution in [1.82, 2.24) is 9.55 Å². The number of benzene rings is 1. The first-order valence-corrected chi connectivity index (χ1v) is 7.82. The lowest BCUT2D eigenvalue weighted by atomic mass is 10.1. The molecule has 0 bridgehead atoms. The Bertz CT molecular complexity index is 854. The van der Waals surface area contributed by atoms with Crippen LogP contribution in [0.4, 0.5) is 5.82 Å². The number of nitrogens with zero attached hydrogens (tertiary/aromatic N) is 3. The van der Waals surface area contributed by atoms with Crippen LogP contribution in [0, 0.1) is 5.92 Å². The van der Waals surface area contributed by atoms with Gasteiger partial charge in [0, 0.05) is 18.6 Å². The number of carbonyl (C=O) groups is 2. The minimum absolute atomic E-state index is 0.121. The van der Waals surface area contributed by atoms with E-state index in [1.807, 2.05) is 0 Å². The lowest BCUT2D eigenvalue weighted by Gasteiger charge is -2.10. The van der Waals surface area contributed by atoms with Crippen molar-refractivity contribution in [2.24, 2.45) is 18.0 Å². The van der Waals surface area contributed by atoms with Gasteiger partial charge in [0.25, 0.3) is 0 Å². The van der Waals surface area contributed by atoms with Crippen LogP contribution in [-0.4, -0.2) is 40.9 Å². The molecule has 0 spiro atoms. The van der Waals surface area contributed by atoms with Gasteiger partial charge in [-0.2, -0.15) is 4.98 Å². The van der Waals surface area contributed by atoms with Crippen molar-refractivity contribution < 1.29 is 19.1 Å². The monoisotopic (exact) mass is 345 g/mol. The van der Waals surface area contributed by atoms with Gasteiger partial charge in [0.05, 0.1) is 18.7 Å². The van der Waals surface area contributed by atoms with Gasteiger partial charge in [0.15, 0.2) is 11.7 Å². The molecular weight excluding hydrogens is 326 g/mol. The second-order valence-electron chi connectivity index (χ2n) is 5.05. The first-order chi connectivity index (χ1) is 12.0. The van der Waals surface area contributed by atoms with Gasteiger partial charge < -0.3 is 9.47 Å². The highest BCUT2D eigenvalue weighted by molar-refractivity contribution is 6.09. The van der Waals surface area contributed by atoms with Crippen LogP contribution in [0.3, 0.4) is 0 Å². The summed E-state index contributed by atoms with van der Waals surface area (Å²) in [5.74, 6) is -2.72. The van der Waals surface area contributed by atoms with Crippen molar-refractivity contribution in [1.29, 1.82) is 0 Å². The highest BCUT2D eigenvalue weighted by atomic mass is 16.6. The van der Waals surface area contributed by atoms with Crippen LogP contribution in [0.2, 0.25) is 0 Å². The van der Waals surface area contributed by atoms with Crippen LogP contribution in [0.25, 0.3) is 10.9 Å². The predicted octanol–water partition coefficient (Wildman–Crippen LogP) is 1.38. The van der Waals surface area contributed by atoms with E-state index in [1.54, 1.807) is 45.2 Å². The topological polar surface area (TPSA) is 99.9 Å². The molecule has 0 saturated carbocycles. The summed E-state index contributed by atoms with van der Waals surface area (Å²) in [6, 6.07) is 7.07. The molecule has 0 saturated heterocycles. The molecule has 0 aliphatic rings. The number of esters is 2. The van der Waals surface area contributed by atoms with Gasteiger partial charge in [0.2, 0.25) is 0 Å². The Kier molecular flexibility index (Phi) is 5.99. The zero-order valence-electron chi connectivity index (χ0n) is 14.3.